The van der Waals surface area contributed by atoms with Gasteiger partial charge in [-0.2, -0.15) is 0 Å². The van der Waals surface area contributed by atoms with Gasteiger partial charge in [0.05, 0.1) is 12.1 Å². The van der Waals surface area contributed by atoms with Crippen LogP contribution in [0.5, 0.6) is 0 Å². The molecule has 0 amide bonds. The molecule has 0 aliphatic carbocycles. The van der Waals surface area contributed by atoms with E-state index in [1.54, 1.807) is 0 Å². The van der Waals surface area contributed by atoms with Crippen LogP contribution in [-0.4, -0.2) is 35.2 Å². The molecular weight excluding hydrogens is 272 g/mol. The first kappa shape index (κ1) is 15.1. The fraction of sp³-hybridized carbons (Fsp3) is 0.368. The number of aliphatic hydroxyl groups is 1. The standard InChI is InChI=1S/C19H24N2O/c1-15(16-8-4-2-5-9-16)21-13-12-18(19(22)14-21)20-17-10-6-3-7-11-17/h2-11,15,18-20,22H,12-14H2,1H3/t15?,18-,19-/m1/s1. The van der Waals surface area contributed by atoms with Crippen molar-refractivity contribution >= 4 is 5.69 Å². The molecule has 0 bridgehead atoms. The first-order valence-electron chi connectivity index (χ1n) is 8.02. The minimum Gasteiger partial charge on any atom is -0.390 e. The van der Waals surface area contributed by atoms with Crippen LogP contribution in [-0.2, 0) is 0 Å². The Bertz CT molecular complexity index is 573. The Morgan fingerprint density at radius 3 is 2.32 bits per heavy atom. The zero-order valence-corrected chi connectivity index (χ0v) is 13.0. The molecule has 2 aromatic carbocycles. The highest BCUT2D eigenvalue weighted by Gasteiger charge is 2.30. The Labute approximate surface area is 132 Å². The second kappa shape index (κ2) is 6.95. The number of benzene rings is 2. The van der Waals surface area contributed by atoms with E-state index in [0.717, 1.165) is 18.7 Å². The summed E-state index contributed by atoms with van der Waals surface area (Å²) in [6.45, 7) is 3.92. The van der Waals surface area contributed by atoms with Crippen LogP contribution in [0.25, 0.3) is 0 Å². The normalized spacial score (nSPS) is 23.9. The molecule has 1 heterocycles. The number of nitrogens with zero attached hydrogens (tertiary/aromatic N) is 1. The van der Waals surface area contributed by atoms with E-state index in [-0.39, 0.29) is 12.1 Å². The predicted octanol–water partition coefficient (Wildman–Crippen LogP) is 3.29. The molecule has 1 aliphatic rings. The van der Waals surface area contributed by atoms with E-state index in [9.17, 15) is 5.11 Å². The summed E-state index contributed by atoms with van der Waals surface area (Å²) in [6.07, 6.45) is 0.605. The quantitative estimate of drug-likeness (QED) is 0.909. The van der Waals surface area contributed by atoms with Crippen LogP contribution in [0.4, 0.5) is 5.69 Å². The monoisotopic (exact) mass is 296 g/mol. The molecule has 2 aromatic rings. The van der Waals surface area contributed by atoms with E-state index < -0.39 is 0 Å². The zero-order valence-electron chi connectivity index (χ0n) is 13.0. The molecule has 2 N–H and O–H groups in total. The number of piperidine rings is 1. The van der Waals surface area contributed by atoms with Gasteiger partial charge in [0.1, 0.15) is 0 Å². The Morgan fingerprint density at radius 2 is 1.68 bits per heavy atom. The number of aliphatic hydroxyl groups excluding tert-OH is 1. The van der Waals surface area contributed by atoms with Crippen LogP contribution in [0.3, 0.4) is 0 Å². The van der Waals surface area contributed by atoms with Crippen molar-refractivity contribution in [3.8, 4) is 0 Å². The molecular formula is C19H24N2O. The van der Waals surface area contributed by atoms with E-state index in [0.29, 0.717) is 12.6 Å². The van der Waals surface area contributed by atoms with Crippen molar-refractivity contribution in [1.82, 2.24) is 4.90 Å². The Morgan fingerprint density at radius 1 is 1.05 bits per heavy atom. The fourth-order valence-corrected chi connectivity index (χ4v) is 3.17. The van der Waals surface area contributed by atoms with Crippen LogP contribution >= 0.6 is 0 Å². The molecule has 116 valence electrons. The average molecular weight is 296 g/mol. The molecule has 0 saturated carbocycles. The number of rotatable bonds is 4. The van der Waals surface area contributed by atoms with Gasteiger partial charge in [-0.25, -0.2) is 0 Å². The zero-order chi connectivity index (χ0) is 15.4. The molecule has 1 fully saturated rings. The van der Waals surface area contributed by atoms with E-state index in [4.69, 9.17) is 0 Å². The van der Waals surface area contributed by atoms with Gasteiger partial charge in [-0.05, 0) is 31.0 Å². The maximum atomic E-state index is 10.5. The van der Waals surface area contributed by atoms with Crippen molar-refractivity contribution in [2.24, 2.45) is 0 Å². The summed E-state index contributed by atoms with van der Waals surface area (Å²) in [5.74, 6) is 0. The largest absolute Gasteiger partial charge is 0.390 e. The molecule has 1 unspecified atom stereocenters. The summed E-state index contributed by atoms with van der Waals surface area (Å²) in [4.78, 5) is 2.36. The first-order valence-corrected chi connectivity index (χ1v) is 8.02. The first-order chi connectivity index (χ1) is 10.7. The van der Waals surface area contributed by atoms with Crippen molar-refractivity contribution in [2.75, 3.05) is 18.4 Å². The Hall–Kier alpha value is -1.84. The summed E-state index contributed by atoms with van der Waals surface area (Å²) in [7, 11) is 0. The highest BCUT2D eigenvalue weighted by molar-refractivity contribution is 5.43. The molecule has 1 saturated heterocycles. The third-order valence-corrected chi connectivity index (χ3v) is 4.57. The molecule has 1 aliphatic heterocycles. The van der Waals surface area contributed by atoms with Crippen molar-refractivity contribution in [1.29, 1.82) is 0 Å². The Kier molecular flexibility index (Phi) is 4.76. The summed E-state index contributed by atoms with van der Waals surface area (Å²) >= 11 is 0. The molecule has 3 rings (SSSR count). The average Bonchev–Trinajstić information content (AvgIpc) is 2.58. The summed E-state index contributed by atoms with van der Waals surface area (Å²) in [5.41, 5.74) is 2.39. The summed E-state index contributed by atoms with van der Waals surface area (Å²) in [6, 6.07) is 21.1. The second-order valence-electron chi connectivity index (χ2n) is 6.05. The van der Waals surface area contributed by atoms with Gasteiger partial charge in [0.2, 0.25) is 0 Å². The van der Waals surface area contributed by atoms with Crippen molar-refractivity contribution in [3.63, 3.8) is 0 Å². The maximum absolute atomic E-state index is 10.5. The molecule has 22 heavy (non-hydrogen) atoms. The Balaban J connectivity index is 1.60. The highest BCUT2D eigenvalue weighted by atomic mass is 16.3. The smallest absolute Gasteiger partial charge is 0.0868 e. The third-order valence-electron chi connectivity index (χ3n) is 4.57. The van der Waals surface area contributed by atoms with Gasteiger partial charge in [-0.3, -0.25) is 4.90 Å². The number of anilines is 1. The lowest BCUT2D eigenvalue weighted by Crippen LogP contribution is -2.50. The predicted molar refractivity (Wildman–Crippen MR) is 90.9 cm³/mol. The number of β-amino-alcohol motifs (C(OH)–C–C–N with tert-alkyl or cyclic N) is 1. The summed E-state index contributed by atoms with van der Waals surface area (Å²) < 4.78 is 0. The number of nitrogens with one attached hydrogen (secondary N) is 1. The lowest BCUT2D eigenvalue weighted by Gasteiger charge is -2.40. The SMILES string of the molecule is CC(c1ccccc1)N1CC[C@@H](Nc2ccccc2)[C@H](O)C1. The van der Waals surface area contributed by atoms with Gasteiger partial charge < -0.3 is 10.4 Å². The van der Waals surface area contributed by atoms with Crippen LogP contribution in [0, 0.1) is 0 Å². The van der Waals surface area contributed by atoms with Crippen molar-refractivity contribution < 1.29 is 5.11 Å². The van der Waals surface area contributed by atoms with Crippen LogP contribution in [0.2, 0.25) is 0 Å². The van der Waals surface area contributed by atoms with E-state index in [1.807, 2.05) is 36.4 Å². The van der Waals surface area contributed by atoms with Crippen molar-refractivity contribution in [3.05, 3.63) is 66.2 Å². The molecule has 3 nitrogen and oxygen atoms in total. The van der Waals surface area contributed by atoms with Gasteiger partial charge in [0, 0.05) is 24.8 Å². The second-order valence-corrected chi connectivity index (χ2v) is 6.05. The fourth-order valence-electron chi connectivity index (χ4n) is 3.17. The molecule has 0 aromatic heterocycles. The van der Waals surface area contributed by atoms with E-state index >= 15 is 0 Å². The minimum absolute atomic E-state index is 0.127. The topological polar surface area (TPSA) is 35.5 Å². The van der Waals surface area contributed by atoms with Crippen LogP contribution in [0.15, 0.2) is 60.7 Å². The van der Waals surface area contributed by atoms with Gasteiger partial charge in [-0.15, -0.1) is 0 Å². The summed E-state index contributed by atoms with van der Waals surface area (Å²) in [5, 5.41) is 13.9. The lowest BCUT2D eigenvalue weighted by atomic mass is 9.98. The minimum atomic E-state index is -0.347. The lowest BCUT2D eigenvalue weighted by molar-refractivity contribution is 0.0408. The number of hydrogen-bond donors (Lipinski definition) is 2. The van der Waals surface area contributed by atoms with Gasteiger partial charge in [0.15, 0.2) is 0 Å². The number of hydrogen-bond acceptors (Lipinski definition) is 3. The van der Waals surface area contributed by atoms with Gasteiger partial charge in [0.25, 0.3) is 0 Å². The highest BCUT2D eigenvalue weighted by Crippen LogP contribution is 2.25. The van der Waals surface area contributed by atoms with Gasteiger partial charge in [-0.1, -0.05) is 48.5 Å². The van der Waals surface area contributed by atoms with Crippen molar-refractivity contribution in [2.45, 2.75) is 31.5 Å². The number of likely N-dealkylation sites (tertiary alicyclic amines) is 1. The molecule has 0 radical (unpaired) electrons. The maximum Gasteiger partial charge on any atom is 0.0868 e. The molecule has 3 heteroatoms. The molecule has 3 atom stereocenters. The molecule has 0 spiro atoms. The van der Waals surface area contributed by atoms with Crippen LogP contribution < -0.4 is 5.32 Å². The van der Waals surface area contributed by atoms with E-state index in [2.05, 4.69) is 41.4 Å². The van der Waals surface area contributed by atoms with Gasteiger partial charge >= 0.3 is 0 Å². The third kappa shape index (κ3) is 3.49. The van der Waals surface area contributed by atoms with Crippen LogP contribution in [0.1, 0.15) is 24.9 Å². The number of para-hydroxylation sites is 1. The van der Waals surface area contributed by atoms with E-state index in [1.165, 1.54) is 5.56 Å².